The largest absolute Gasteiger partial charge is 0.462 e. The normalized spacial score (nSPS) is 13.1. The molecule has 0 heterocycles. The molecule has 0 fully saturated rings. The van der Waals surface area contributed by atoms with Crippen LogP contribution in [-0.2, 0) is 28.6 Å². The van der Waals surface area contributed by atoms with Gasteiger partial charge >= 0.3 is 17.9 Å². The van der Waals surface area contributed by atoms with E-state index >= 15 is 0 Å². The van der Waals surface area contributed by atoms with Crippen molar-refractivity contribution in [2.45, 2.75) is 303 Å². The molecule has 0 amide bonds. The first-order valence-electron chi connectivity index (χ1n) is 33.8. The maximum atomic E-state index is 12.9. The third kappa shape index (κ3) is 66.1. The smallest absolute Gasteiger partial charge is 0.306 e. The second kappa shape index (κ2) is 68.8. The summed E-state index contributed by atoms with van der Waals surface area (Å²) in [6, 6.07) is 0. The quantitative estimate of drug-likeness (QED) is 0.0261. The summed E-state index contributed by atoms with van der Waals surface area (Å²) in [6.07, 6.45) is 98.6. The van der Waals surface area contributed by atoms with Gasteiger partial charge in [0, 0.05) is 19.3 Å². The lowest BCUT2D eigenvalue weighted by molar-refractivity contribution is -0.167. The molecule has 0 aliphatic rings. The summed E-state index contributed by atoms with van der Waals surface area (Å²) in [5.41, 5.74) is 0. The number of esters is 3. The monoisotopic (exact) mass is 1130 g/mol. The zero-order valence-corrected chi connectivity index (χ0v) is 53.2. The lowest BCUT2D eigenvalue weighted by Crippen LogP contribution is -2.30. The maximum absolute atomic E-state index is 12.9. The Morgan fingerprint density at radius 2 is 0.476 bits per heavy atom. The van der Waals surface area contributed by atoms with Crippen LogP contribution in [0.4, 0.5) is 0 Å². The van der Waals surface area contributed by atoms with Gasteiger partial charge in [-0.1, -0.05) is 282 Å². The molecule has 0 aromatic heterocycles. The van der Waals surface area contributed by atoms with Gasteiger partial charge in [0.05, 0.1) is 0 Å². The van der Waals surface area contributed by atoms with Crippen LogP contribution >= 0.6 is 0 Å². The molecule has 0 N–H and O–H groups in total. The van der Waals surface area contributed by atoms with E-state index in [4.69, 9.17) is 14.2 Å². The first-order valence-corrected chi connectivity index (χ1v) is 33.8. The number of ether oxygens (including phenoxy) is 3. The lowest BCUT2D eigenvalue weighted by atomic mass is 10.0. The first kappa shape index (κ1) is 77.3. The molecule has 82 heavy (non-hydrogen) atoms. The average molecular weight is 1130 g/mol. The first-order chi connectivity index (χ1) is 40.5. The SMILES string of the molecule is CC/C=C\C/C=C\C/C=C\C/C=C\C/C=C\C/C=C\CCCCCCCCCCCCCCC(=O)OCC(COC(=O)CCCCCCC/C=C\CCCCC)OC(=O)CCCCCCC/C=C\C/C=C\C/C=C\C/C=C\C/C=C\CC. The number of carbonyl (C=O) groups is 3. The Hall–Kier alpha value is -4.71. The Bertz CT molecular complexity index is 1780. The van der Waals surface area contributed by atoms with Crippen molar-refractivity contribution in [1.82, 2.24) is 0 Å². The van der Waals surface area contributed by atoms with Crippen molar-refractivity contribution in [2.24, 2.45) is 0 Å². The third-order valence-electron chi connectivity index (χ3n) is 14.1. The van der Waals surface area contributed by atoms with Gasteiger partial charge in [0.25, 0.3) is 0 Å². The molecule has 1 unspecified atom stereocenters. The van der Waals surface area contributed by atoms with Crippen LogP contribution in [-0.4, -0.2) is 37.2 Å². The van der Waals surface area contributed by atoms with E-state index in [9.17, 15) is 14.4 Å². The highest BCUT2D eigenvalue weighted by molar-refractivity contribution is 5.71. The van der Waals surface area contributed by atoms with Crippen molar-refractivity contribution in [3.05, 3.63) is 146 Å². The summed E-state index contributed by atoms with van der Waals surface area (Å²) >= 11 is 0. The molecule has 0 rings (SSSR count). The minimum Gasteiger partial charge on any atom is -0.462 e. The number of allylic oxidation sites excluding steroid dienone is 24. The van der Waals surface area contributed by atoms with E-state index in [1.54, 1.807) is 0 Å². The number of carbonyl (C=O) groups excluding carboxylic acids is 3. The minimum atomic E-state index is -0.799. The Balaban J connectivity index is 4.30. The van der Waals surface area contributed by atoms with Crippen LogP contribution in [0.15, 0.2) is 146 Å². The zero-order chi connectivity index (χ0) is 59.2. The topological polar surface area (TPSA) is 78.9 Å². The Morgan fingerprint density at radius 1 is 0.256 bits per heavy atom. The second-order valence-corrected chi connectivity index (χ2v) is 22.0. The van der Waals surface area contributed by atoms with Gasteiger partial charge < -0.3 is 14.2 Å². The highest BCUT2D eigenvalue weighted by atomic mass is 16.6. The molecule has 0 radical (unpaired) electrons. The van der Waals surface area contributed by atoms with Gasteiger partial charge in [0.1, 0.15) is 13.2 Å². The predicted octanol–water partition coefficient (Wildman–Crippen LogP) is 23.5. The molecule has 0 saturated carbocycles. The fraction of sp³-hybridized carbons (Fsp3) is 0.645. The molecule has 0 aliphatic carbocycles. The van der Waals surface area contributed by atoms with Crippen molar-refractivity contribution < 1.29 is 28.6 Å². The molecule has 0 aliphatic heterocycles. The molecule has 0 saturated heterocycles. The van der Waals surface area contributed by atoms with Crippen LogP contribution < -0.4 is 0 Å². The van der Waals surface area contributed by atoms with E-state index in [1.165, 1.54) is 96.3 Å². The summed E-state index contributed by atoms with van der Waals surface area (Å²) in [5.74, 6) is -0.920. The van der Waals surface area contributed by atoms with Crippen LogP contribution in [0.5, 0.6) is 0 Å². The van der Waals surface area contributed by atoms with Crippen LogP contribution in [0.25, 0.3) is 0 Å². The van der Waals surface area contributed by atoms with E-state index in [-0.39, 0.29) is 31.1 Å². The minimum absolute atomic E-state index is 0.0931. The second-order valence-electron chi connectivity index (χ2n) is 22.0. The number of hydrogen-bond acceptors (Lipinski definition) is 6. The lowest BCUT2D eigenvalue weighted by Gasteiger charge is -2.18. The van der Waals surface area contributed by atoms with Crippen molar-refractivity contribution >= 4 is 17.9 Å². The standard InChI is InChI=1S/C76H124O6/c1-4-7-10-13-16-19-22-25-27-29-31-33-34-35-36-37-38-39-40-41-42-44-45-47-49-51-54-57-60-63-66-69-75(78)81-72-73(71-80-74(77)68-65-62-59-56-53-24-21-18-15-12-9-6-3)82-76(79)70-67-64-61-58-55-52-50-48-46-43-32-30-28-26-23-20-17-14-11-8-5-2/h7-8,10-11,16-21,25-28,31-33,35-36,38-39,43,48,50,73H,4-6,9,12-15,22-24,29-30,34,37,40-42,44-47,49,51-72H2,1-3H3/b10-7-,11-8-,19-16-,20-17-,21-18-,27-25-,28-26-,33-31-,36-35-,39-38-,43-32-,50-48-. The maximum Gasteiger partial charge on any atom is 0.306 e. The molecule has 464 valence electrons. The van der Waals surface area contributed by atoms with Gasteiger partial charge in [0.2, 0.25) is 0 Å². The molecule has 1 atom stereocenters. The van der Waals surface area contributed by atoms with Crippen LogP contribution in [0.3, 0.4) is 0 Å². The van der Waals surface area contributed by atoms with Gasteiger partial charge in [0.15, 0.2) is 6.10 Å². The van der Waals surface area contributed by atoms with Crippen molar-refractivity contribution in [3.63, 3.8) is 0 Å². The highest BCUT2D eigenvalue weighted by Crippen LogP contribution is 2.16. The van der Waals surface area contributed by atoms with Crippen LogP contribution in [0, 0.1) is 0 Å². The summed E-state index contributed by atoms with van der Waals surface area (Å²) in [4.78, 5) is 38.3. The van der Waals surface area contributed by atoms with E-state index in [0.29, 0.717) is 19.3 Å². The number of unbranched alkanes of at least 4 members (excludes halogenated alkanes) is 25. The van der Waals surface area contributed by atoms with Crippen molar-refractivity contribution in [1.29, 1.82) is 0 Å². The fourth-order valence-electron chi connectivity index (χ4n) is 9.06. The van der Waals surface area contributed by atoms with Crippen LogP contribution in [0.2, 0.25) is 0 Å². The molecule has 6 heteroatoms. The van der Waals surface area contributed by atoms with E-state index in [0.717, 1.165) is 161 Å². The third-order valence-corrected chi connectivity index (χ3v) is 14.1. The highest BCUT2D eigenvalue weighted by Gasteiger charge is 2.19. The molecule has 0 aromatic rings. The van der Waals surface area contributed by atoms with Crippen molar-refractivity contribution in [2.75, 3.05) is 13.2 Å². The molecular formula is C76H124O6. The van der Waals surface area contributed by atoms with E-state index < -0.39 is 6.10 Å². The van der Waals surface area contributed by atoms with Gasteiger partial charge in [-0.05, 0) is 141 Å². The Labute approximate surface area is 506 Å². The molecular weight excluding hydrogens is 1010 g/mol. The average Bonchev–Trinajstić information content (AvgIpc) is 3.47. The van der Waals surface area contributed by atoms with E-state index in [1.807, 2.05) is 0 Å². The summed E-state index contributed by atoms with van der Waals surface area (Å²) < 4.78 is 16.9. The summed E-state index contributed by atoms with van der Waals surface area (Å²) in [6.45, 7) is 6.37. The zero-order valence-electron chi connectivity index (χ0n) is 53.2. The van der Waals surface area contributed by atoms with E-state index in [2.05, 4.69) is 167 Å². The summed E-state index contributed by atoms with van der Waals surface area (Å²) in [7, 11) is 0. The molecule has 0 spiro atoms. The number of hydrogen-bond donors (Lipinski definition) is 0. The van der Waals surface area contributed by atoms with Crippen LogP contribution in [0.1, 0.15) is 297 Å². The Morgan fingerprint density at radius 3 is 0.756 bits per heavy atom. The molecule has 0 bridgehead atoms. The van der Waals surface area contributed by atoms with Gasteiger partial charge in [-0.25, -0.2) is 0 Å². The van der Waals surface area contributed by atoms with Gasteiger partial charge in [-0.15, -0.1) is 0 Å². The molecule has 0 aromatic carbocycles. The predicted molar refractivity (Wildman–Crippen MR) is 357 cm³/mol. The fourth-order valence-corrected chi connectivity index (χ4v) is 9.06. The molecule has 6 nitrogen and oxygen atoms in total. The Kier molecular flexibility index (Phi) is 64.8. The van der Waals surface area contributed by atoms with Gasteiger partial charge in [-0.2, -0.15) is 0 Å². The van der Waals surface area contributed by atoms with Gasteiger partial charge in [-0.3, -0.25) is 14.4 Å². The summed E-state index contributed by atoms with van der Waals surface area (Å²) in [5, 5.41) is 0. The number of rotatable bonds is 60. The van der Waals surface area contributed by atoms with Crippen molar-refractivity contribution in [3.8, 4) is 0 Å².